The van der Waals surface area contributed by atoms with Crippen LogP contribution in [0, 0.1) is 0 Å². The van der Waals surface area contributed by atoms with E-state index in [1.165, 1.54) is 7.11 Å². The minimum atomic E-state index is -0.225. The second kappa shape index (κ2) is 9.26. The summed E-state index contributed by atoms with van der Waals surface area (Å²) >= 11 is 0. The molecule has 7 heteroatoms. The predicted molar refractivity (Wildman–Crippen MR) is 116 cm³/mol. The lowest BCUT2D eigenvalue weighted by Gasteiger charge is -2.26. The van der Waals surface area contributed by atoms with Crippen molar-refractivity contribution in [1.82, 2.24) is 14.9 Å². The third kappa shape index (κ3) is 4.51. The first kappa shape index (κ1) is 21.1. The van der Waals surface area contributed by atoms with Crippen molar-refractivity contribution < 1.29 is 14.3 Å². The van der Waals surface area contributed by atoms with Gasteiger partial charge in [-0.3, -0.25) is 9.59 Å². The van der Waals surface area contributed by atoms with Crippen LogP contribution in [0.15, 0.2) is 59.9 Å². The summed E-state index contributed by atoms with van der Waals surface area (Å²) < 4.78 is 10.9. The first-order chi connectivity index (χ1) is 14.4. The fourth-order valence-electron chi connectivity index (χ4n) is 3.09. The number of carbonyl (C=O) groups excluding carboxylic acids is 1. The van der Waals surface area contributed by atoms with E-state index in [9.17, 15) is 9.59 Å². The summed E-state index contributed by atoms with van der Waals surface area (Å²) in [4.78, 5) is 34.5. The summed E-state index contributed by atoms with van der Waals surface area (Å²) in [5.41, 5.74) is 0.824. The van der Waals surface area contributed by atoms with E-state index in [-0.39, 0.29) is 24.1 Å². The van der Waals surface area contributed by atoms with E-state index in [1.807, 2.05) is 19.9 Å². The van der Waals surface area contributed by atoms with Crippen LogP contribution in [0.4, 0.5) is 0 Å². The number of para-hydroxylation sites is 1. The zero-order valence-corrected chi connectivity index (χ0v) is 17.3. The normalized spacial score (nSPS) is 10.8. The third-order valence-corrected chi connectivity index (χ3v) is 4.63. The lowest BCUT2D eigenvalue weighted by atomic mass is 10.1. The molecule has 3 aromatic rings. The molecule has 0 aliphatic rings. The van der Waals surface area contributed by atoms with Crippen LogP contribution in [0.2, 0.25) is 0 Å². The molecule has 0 unspecified atom stereocenters. The van der Waals surface area contributed by atoms with Crippen LogP contribution in [0.25, 0.3) is 10.9 Å². The molecule has 0 aliphatic carbocycles. The van der Waals surface area contributed by atoms with Gasteiger partial charge < -0.3 is 19.4 Å². The molecule has 1 amide bonds. The molecule has 2 aromatic carbocycles. The number of hydrogen-bond acceptors (Lipinski definition) is 5. The summed E-state index contributed by atoms with van der Waals surface area (Å²) in [5, 5.41) is 0.517. The number of methoxy groups -OCH3 is 1. The van der Waals surface area contributed by atoms with Crippen molar-refractivity contribution in [2.24, 2.45) is 0 Å². The van der Waals surface area contributed by atoms with Gasteiger partial charge in [-0.1, -0.05) is 24.8 Å². The van der Waals surface area contributed by atoms with E-state index >= 15 is 0 Å². The predicted octanol–water partition coefficient (Wildman–Crippen LogP) is 3.55. The second-order valence-corrected chi connectivity index (χ2v) is 7.02. The maximum absolute atomic E-state index is 13.2. The number of fused-ring (bicyclic) bond motifs is 1. The van der Waals surface area contributed by atoms with Gasteiger partial charge in [-0.2, -0.15) is 0 Å². The number of benzene rings is 2. The van der Waals surface area contributed by atoms with Gasteiger partial charge in [0.1, 0.15) is 12.4 Å². The number of ether oxygens (including phenoxy) is 2. The maximum Gasteiger partial charge on any atom is 0.258 e. The molecule has 0 bridgehead atoms. The molecule has 1 aromatic heterocycles. The quantitative estimate of drug-likeness (QED) is 0.577. The topological polar surface area (TPSA) is 84.5 Å². The minimum absolute atomic E-state index is 0.114. The highest BCUT2D eigenvalue weighted by Gasteiger charge is 2.22. The van der Waals surface area contributed by atoms with Crippen molar-refractivity contribution in [3.63, 3.8) is 0 Å². The Morgan fingerprint density at radius 3 is 2.70 bits per heavy atom. The SMILES string of the molecule is C=CCOc1ccc(C(=O)N(Cc2nc3ccccc3c(=O)[nH]2)C(C)C)cc1OC. The molecule has 0 radical (unpaired) electrons. The molecule has 0 fully saturated rings. The zero-order chi connectivity index (χ0) is 21.7. The summed E-state index contributed by atoms with van der Waals surface area (Å²) in [6.07, 6.45) is 1.64. The minimum Gasteiger partial charge on any atom is -0.493 e. The van der Waals surface area contributed by atoms with Crippen molar-refractivity contribution in [3.8, 4) is 11.5 Å². The zero-order valence-electron chi connectivity index (χ0n) is 17.3. The standard InChI is InChI=1S/C23H25N3O4/c1-5-12-30-19-11-10-16(13-20(19)29-4)23(28)26(15(2)3)14-21-24-18-9-7-6-8-17(18)22(27)25-21/h5-11,13,15H,1,12,14H2,2-4H3,(H,24,25,27). The number of amides is 1. The summed E-state index contributed by atoms with van der Waals surface area (Å²) in [6.45, 7) is 7.96. The molecular formula is C23H25N3O4. The molecule has 1 heterocycles. The van der Waals surface area contributed by atoms with Gasteiger partial charge in [-0.05, 0) is 44.2 Å². The largest absolute Gasteiger partial charge is 0.493 e. The summed E-state index contributed by atoms with van der Waals surface area (Å²) in [6, 6.07) is 12.0. The number of H-pyrrole nitrogens is 1. The molecule has 0 saturated carbocycles. The molecule has 3 rings (SSSR count). The number of aromatic amines is 1. The maximum atomic E-state index is 13.2. The van der Waals surface area contributed by atoms with E-state index in [2.05, 4.69) is 16.5 Å². The smallest absolute Gasteiger partial charge is 0.258 e. The van der Waals surface area contributed by atoms with E-state index in [0.717, 1.165) is 0 Å². The lowest BCUT2D eigenvalue weighted by Crippen LogP contribution is -2.37. The van der Waals surface area contributed by atoms with Crippen LogP contribution in [-0.2, 0) is 6.54 Å². The number of hydrogen-bond donors (Lipinski definition) is 1. The Balaban J connectivity index is 1.90. The molecule has 0 atom stereocenters. The van der Waals surface area contributed by atoms with Crippen molar-refractivity contribution in [2.45, 2.75) is 26.4 Å². The van der Waals surface area contributed by atoms with E-state index in [1.54, 1.807) is 47.4 Å². The monoisotopic (exact) mass is 407 g/mol. The van der Waals surface area contributed by atoms with Crippen LogP contribution in [0.1, 0.15) is 30.0 Å². The van der Waals surface area contributed by atoms with Crippen molar-refractivity contribution >= 4 is 16.8 Å². The Labute approximate surface area is 175 Å². The fraction of sp³-hybridized carbons (Fsp3) is 0.261. The number of aromatic nitrogens is 2. The highest BCUT2D eigenvalue weighted by atomic mass is 16.5. The molecule has 0 spiro atoms. The Bertz CT molecular complexity index is 1120. The Hall–Kier alpha value is -3.61. The highest BCUT2D eigenvalue weighted by Crippen LogP contribution is 2.29. The number of rotatable bonds is 8. The van der Waals surface area contributed by atoms with Gasteiger partial charge >= 0.3 is 0 Å². The molecule has 1 N–H and O–H groups in total. The van der Waals surface area contributed by atoms with Gasteiger partial charge in [-0.15, -0.1) is 0 Å². The van der Waals surface area contributed by atoms with Gasteiger partial charge in [-0.25, -0.2) is 4.98 Å². The summed E-state index contributed by atoms with van der Waals surface area (Å²) in [7, 11) is 1.52. The fourth-order valence-corrected chi connectivity index (χ4v) is 3.09. The number of nitrogens with zero attached hydrogens (tertiary/aromatic N) is 2. The molecule has 7 nitrogen and oxygen atoms in total. The van der Waals surface area contributed by atoms with Crippen molar-refractivity contribution in [1.29, 1.82) is 0 Å². The van der Waals surface area contributed by atoms with E-state index in [4.69, 9.17) is 9.47 Å². The van der Waals surface area contributed by atoms with E-state index < -0.39 is 0 Å². The third-order valence-electron chi connectivity index (χ3n) is 4.63. The average Bonchev–Trinajstić information content (AvgIpc) is 2.75. The van der Waals surface area contributed by atoms with Gasteiger partial charge in [0.25, 0.3) is 11.5 Å². The first-order valence-corrected chi connectivity index (χ1v) is 9.65. The molecule has 0 aliphatic heterocycles. The van der Waals surface area contributed by atoms with E-state index in [0.29, 0.717) is 40.4 Å². The van der Waals surface area contributed by atoms with Crippen LogP contribution < -0.4 is 15.0 Å². The van der Waals surface area contributed by atoms with Gasteiger partial charge in [0.15, 0.2) is 11.5 Å². The van der Waals surface area contributed by atoms with Crippen LogP contribution in [-0.4, -0.2) is 40.5 Å². The second-order valence-electron chi connectivity index (χ2n) is 7.02. The van der Waals surface area contributed by atoms with Crippen molar-refractivity contribution in [2.75, 3.05) is 13.7 Å². The van der Waals surface area contributed by atoms with Crippen molar-refractivity contribution in [3.05, 3.63) is 76.9 Å². The van der Waals surface area contributed by atoms with Gasteiger partial charge in [0, 0.05) is 11.6 Å². The van der Waals surface area contributed by atoms with Gasteiger partial charge in [0.2, 0.25) is 0 Å². The number of nitrogens with one attached hydrogen (secondary N) is 1. The lowest BCUT2D eigenvalue weighted by molar-refractivity contribution is 0.0684. The summed E-state index contributed by atoms with van der Waals surface area (Å²) in [5.74, 6) is 1.22. The number of carbonyl (C=O) groups is 1. The first-order valence-electron chi connectivity index (χ1n) is 9.65. The highest BCUT2D eigenvalue weighted by molar-refractivity contribution is 5.95. The van der Waals surface area contributed by atoms with Crippen LogP contribution >= 0.6 is 0 Å². The van der Waals surface area contributed by atoms with Crippen LogP contribution in [0.3, 0.4) is 0 Å². The average molecular weight is 407 g/mol. The van der Waals surface area contributed by atoms with Gasteiger partial charge in [0.05, 0.1) is 24.6 Å². The Kier molecular flexibility index (Phi) is 6.51. The molecular weight excluding hydrogens is 382 g/mol. The Morgan fingerprint density at radius 1 is 1.23 bits per heavy atom. The molecule has 30 heavy (non-hydrogen) atoms. The molecule has 156 valence electrons. The van der Waals surface area contributed by atoms with Crippen LogP contribution in [0.5, 0.6) is 11.5 Å². The Morgan fingerprint density at radius 2 is 2.00 bits per heavy atom. The molecule has 0 saturated heterocycles.